The number of hydrogen-bond donors (Lipinski definition) is 2. The van der Waals surface area contributed by atoms with Crippen LogP contribution >= 0.6 is 0 Å². The maximum Gasteiger partial charge on any atom is 0.258 e. The number of rotatable bonds is 6. The van der Waals surface area contributed by atoms with Crippen molar-refractivity contribution in [3.8, 4) is 22.6 Å². The Bertz CT molecular complexity index is 1110. The Morgan fingerprint density at radius 3 is 2.23 bits per heavy atom. The predicted octanol–water partition coefficient (Wildman–Crippen LogP) is 4.95. The summed E-state index contributed by atoms with van der Waals surface area (Å²) >= 11 is 0. The third-order valence-electron chi connectivity index (χ3n) is 5.12. The Balaban J connectivity index is 1.68. The monoisotopic (exact) mass is 401 g/mol. The number of benzene rings is 2. The molecule has 1 aliphatic heterocycles. The summed E-state index contributed by atoms with van der Waals surface area (Å²) in [6, 6.07) is 15.7. The first-order chi connectivity index (χ1) is 14.6. The van der Waals surface area contributed by atoms with Crippen LogP contribution in [0.5, 0.6) is 11.5 Å². The second-order valence-corrected chi connectivity index (χ2v) is 6.85. The zero-order valence-electron chi connectivity index (χ0n) is 17.2. The summed E-state index contributed by atoms with van der Waals surface area (Å²) in [6.07, 6.45) is 4.23. The lowest BCUT2D eigenvalue weighted by Gasteiger charge is -2.14. The van der Waals surface area contributed by atoms with Crippen LogP contribution in [0.25, 0.3) is 16.7 Å². The van der Waals surface area contributed by atoms with Gasteiger partial charge in [-0.1, -0.05) is 19.1 Å². The lowest BCUT2D eigenvalue weighted by Crippen LogP contribution is -2.10. The number of nitrogens with one attached hydrogen (secondary N) is 2. The molecular formula is C24H23N3O3. The highest BCUT2D eigenvalue weighted by molar-refractivity contribution is 6.32. The number of anilines is 2. The smallest absolute Gasteiger partial charge is 0.258 e. The van der Waals surface area contributed by atoms with E-state index in [0.717, 1.165) is 28.1 Å². The van der Waals surface area contributed by atoms with Gasteiger partial charge in [-0.3, -0.25) is 9.78 Å². The maximum absolute atomic E-state index is 12.8. The summed E-state index contributed by atoms with van der Waals surface area (Å²) < 4.78 is 10.8. The Morgan fingerprint density at radius 2 is 1.60 bits per heavy atom. The Hall–Kier alpha value is -3.80. The second kappa shape index (κ2) is 8.29. The topological polar surface area (TPSA) is 72.5 Å². The molecule has 0 bridgehead atoms. The molecule has 4 rings (SSSR count). The first-order valence-electron chi connectivity index (χ1n) is 9.73. The zero-order chi connectivity index (χ0) is 21.1. The summed E-state index contributed by atoms with van der Waals surface area (Å²) in [6.45, 7) is 2.02. The molecule has 6 nitrogen and oxygen atoms in total. The van der Waals surface area contributed by atoms with E-state index in [-0.39, 0.29) is 5.91 Å². The quantitative estimate of drug-likeness (QED) is 0.572. The van der Waals surface area contributed by atoms with E-state index >= 15 is 0 Å². The fourth-order valence-corrected chi connectivity index (χ4v) is 3.59. The van der Waals surface area contributed by atoms with E-state index in [4.69, 9.17) is 9.47 Å². The van der Waals surface area contributed by atoms with Gasteiger partial charge in [-0.25, -0.2) is 0 Å². The van der Waals surface area contributed by atoms with E-state index in [1.807, 2.05) is 49.4 Å². The highest BCUT2D eigenvalue weighted by Crippen LogP contribution is 2.42. The van der Waals surface area contributed by atoms with Crippen LogP contribution in [0, 0.1) is 0 Å². The summed E-state index contributed by atoms with van der Waals surface area (Å²) in [5.41, 5.74) is 6.11. The van der Waals surface area contributed by atoms with Crippen LogP contribution in [-0.4, -0.2) is 25.1 Å². The standard InChI is InChI=1S/C24H23N3O3/c1-4-19(26-17-7-5-15(6-8-17)16-9-11-25-12-10-16)23-18-13-21(29-2)22(30-3)14-20(18)27-24(23)28/h5-14,26H,4H2,1-3H3,(H,27,28)/b23-19-. The molecule has 0 fully saturated rings. The molecule has 2 N–H and O–H groups in total. The van der Waals surface area contributed by atoms with E-state index in [1.54, 1.807) is 32.7 Å². The number of pyridine rings is 1. The molecule has 152 valence electrons. The number of nitrogens with zero attached hydrogens (tertiary/aromatic N) is 1. The Labute approximate surface area is 175 Å². The predicted molar refractivity (Wildman–Crippen MR) is 119 cm³/mol. The second-order valence-electron chi connectivity index (χ2n) is 6.85. The molecule has 6 heteroatoms. The van der Waals surface area contributed by atoms with E-state index in [0.29, 0.717) is 29.2 Å². The lowest BCUT2D eigenvalue weighted by atomic mass is 10.0. The highest BCUT2D eigenvalue weighted by Gasteiger charge is 2.29. The van der Waals surface area contributed by atoms with Gasteiger partial charge in [0.25, 0.3) is 5.91 Å². The fraction of sp³-hybridized carbons (Fsp3) is 0.167. The zero-order valence-corrected chi connectivity index (χ0v) is 17.2. The number of aromatic nitrogens is 1. The molecule has 0 unspecified atom stereocenters. The number of ether oxygens (including phenoxy) is 2. The summed E-state index contributed by atoms with van der Waals surface area (Å²) in [5.74, 6) is 1.02. The molecule has 0 radical (unpaired) electrons. The van der Waals surface area contributed by atoms with Gasteiger partial charge in [0.15, 0.2) is 11.5 Å². The van der Waals surface area contributed by atoms with Crippen LogP contribution in [0.2, 0.25) is 0 Å². The van der Waals surface area contributed by atoms with Gasteiger partial charge in [0.05, 0.1) is 25.5 Å². The van der Waals surface area contributed by atoms with Gasteiger partial charge in [0.2, 0.25) is 0 Å². The van der Waals surface area contributed by atoms with Crippen LogP contribution in [0.4, 0.5) is 11.4 Å². The highest BCUT2D eigenvalue weighted by atomic mass is 16.5. The lowest BCUT2D eigenvalue weighted by molar-refractivity contribution is -0.110. The fourth-order valence-electron chi connectivity index (χ4n) is 3.59. The van der Waals surface area contributed by atoms with Crippen molar-refractivity contribution in [2.45, 2.75) is 13.3 Å². The van der Waals surface area contributed by atoms with E-state index in [9.17, 15) is 4.79 Å². The molecule has 0 saturated carbocycles. The third-order valence-corrected chi connectivity index (χ3v) is 5.12. The van der Waals surface area contributed by atoms with Crippen molar-refractivity contribution in [3.05, 3.63) is 72.2 Å². The van der Waals surface area contributed by atoms with Crippen LogP contribution in [0.15, 0.2) is 66.6 Å². The number of carbonyl (C=O) groups is 1. The molecule has 0 saturated heterocycles. The van der Waals surface area contributed by atoms with Gasteiger partial charge in [0.1, 0.15) is 0 Å². The normalized spacial score (nSPS) is 14.0. The minimum absolute atomic E-state index is 0.141. The molecule has 0 spiro atoms. The van der Waals surface area contributed by atoms with Gasteiger partial charge < -0.3 is 20.1 Å². The molecule has 30 heavy (non-hydrogen) atoms. The molecular weight excluding hydrogens is 378 g/mol. The van der Waals surface area contributed by atoms with E-state index < -0.39 is 0 Å². The van der Waals surface area contributed by atoms with Gasteiger partial charge in [-0.05, 0) is 47.9 Å². The minimum atomic E-state index is -0.141. The van der Waals surface area contributed by atoms with Crippen LogP contribution in [0.3, 0.4) is 0 Å². The van der Waals surface area contributed by atoms with Gasteiger partial charge in [-0.15, -0.1) is 0 Å². The maximum atomic E-state index is 12.8. The van der Waals surface area contributed by atoms with Crippen molar-refractivity contribution in [3.63, 3.8) is 0 Å². The van der Waals surface area contributed by atoms with Crippen molar-refractivity contribution >= 4 is 22.9 Å². The molecule has 2 aromatic carbocycles. The molecule has 3 aromatic rings. The van der Waals surface area contributed by atoms with E-state index in [2.05, 4.69) is 15.6 Å². The number of methoxy groups -OCH3 is 2. The van der Waals surface area contributed by atoms with Gasteiger partial charge >= 0.3 is 0 Å². The number of carbonyl (C=O) groups excluding carboxylic acids is 1. The average Bonchev–Trinajstić information content (AvgIpc) is 3.12. The van der Waals surface area contributed by atoms with Crippen LogP contribution in [-0.2, 0) is 4.79 Å². The van der Waals surface area contributed by atoms with Crippen molar-refractivity contribution in [2.24, 2.45) is 0 Å². The number of amides is 1. The van der Waals surface area contributed by atoms with Crippen LogP contribution in [0.1, 0.15) is 18.9 Å². The van der Waals surface area contributed by atoms with Crippen molar-refractivity contribution in [1.29, 1.82) is 0 Å². The number of hydrogen-bond acceptors (Lipinski definition) is 5. The Kier molecular flexibility index (Phi) is 5.39. The molecule has 0 aliphatic carbocycles. The molecule has 1 aliphatic rings. The molecule has 0 atom stereocenters. The van der Waals surface area contributed by atoms with Crippen molar-refractivity contribution in [2.75, 3.05) is 24.9 Å². The van der Waals surface area contributed by atoms with E-state index in [1.165, 1.54) is 0 Å². The van der Waals surface area contributed by atoms with Gasteiger partial charge in [-0.2, -0.15) is 0 Å². The summed E-state index contributed by atoms with van der Waals surface area (Å²) in [4.78, 5) is 16.8. The first kappa shape index (κ1) is 19.5. The SMILES string of the molecule is CC/C(Nc1ccc(-c2ccncc2)cc1)=C1/C(=O)Nc2cc(OC)c(OC)cc21. The first-order valence-corrected chi connectivity index (χ1v) is 9.73. The largest absolute Gasteiger partial charge is 0.493 e. The minimum Gasteiger partial charge on any atom is -0.493 e. The summed E-state index contributed by atoms with van der Waals surface area (Å²) in [7, 11) is 3.16. The summed E-state index contributed by atoms with van der Waals surface area (Å²) in [5, 5.41) is 6.35. The third kappa shape index (κ3) is 3.59. The molecule has 1 aromatic heterocycles. The van der Waals surface area contributed by atoms with Crippen LogP contribution < -0.4 is 20.1 Å². The Morgan fingerprint density at radius 1 is 0.967 bits per heavy atom. The van der Waals surface area contributed by atoms with Crippen molar-refractivity contribution < 1.29 is 14.3 Å². The number of allylic oxidation sites excluding steroid dienone is 1. The average molecular weight is 401 g/mol. The number of fused-ring (bicyclic) bond motifs is 1. The van der Waals surface area contributed by atoms with Gasteiger partial charge in [0, 0.05) is 35.4 Å². The molecule has 2 heterocycles. The van der Waals surface area contributed by atoms with Crippen molar-refractivity contribution in [1.82, 2.24) is 4.98 Å². The molecule has 1 amide bonds.